The van der Waals surface area contributed by atoms with Gasteiger partial charge in [0.05, 0.1) is 5.92 Å². The minimum Gasteiger partial charge on any atom is -0.352 e. The maximum Gasteiger partial charge on any atom is 0.243 e. The Hall–Kier alpha value is -2.86. The number of carbonyl (C=O) groups excluding carboxylic acids is 3. The molecular weight excluding hydrogens is 402 g/mol. The Balaban J connectivity index is 1.43. The fourth-order valence-electron chi connectivity index (χ4n) is 3.65. The fraction of sp³-hybridized carbons (Fsp3) is 0.348. The number of carbonyl (C=O) groups is 3. The number of rotatable bonds is 7. The number of halogens is 1. The largest absolute Gasteiger partial charge is 0.352 e. The number of hydrogen-bond acceptors (Lipinski definition) is 3. The van der Waals surface area contributed by atoms with Gasteiger partial charge >= 0.3 is 0 Å². The third-order valence-electron chi connectivity index (χ3n) is 5.46. The highest BCUT2D eigenvalue weighted by molar-refractivity contribution is 6.31. The molecule has 1 saturated carbocycles. The molecule has 1 aliphatic carbocycles. The third-order valence-corrected chi connectivity index (χ3v) is 5.69. The van der Waals surface area contributed by atoms with Gasteiger partial charge in [-0.1, -0.05) is 48.0 Å². The highest BCUT2D eigenvalue weighted by Gasteiger charge is 2.37. The van der Waals surface area contributed by atoms with Crippen LogP contribution in [0.25, 0.3) is 0 Å². The van der Waals surface area contributed by atoms with Gasteiger partial charge in [-0.15, -0.1) is 0 Å². The molecule has 7 heteroatoms. The molecule has 156 valence electrons. The molecule has 2 aromatic rings. The molecule has 2 atom stereocenters. The van der Waals surface area contributed by atoms with Crippen molar-refractivity contribution in [3.63, 3.8) is 0 Å². The molecule has 1 saturated heterocycles. The maximum absolute atomic E-state index is 12.9. The summed E-state index contributed by atoms with van der Waals surface area (Å²) in [5.41, 5.74) is 1.65. The average Bonchev–Trinajstić information content (AvgIpc) is 3.46. The van der Waals surface area contributed by atoms with Crippen LogP contribution in [0.5, 0.6) is 0 Å². The second-order valence-corrected chi connectivity index (χ2v) is 8.36. The summed E-state index contributed by atoms with van der Waals surface area (Å²) in [6, 6.07) is 16.2. The predicted molar refractivity (Wildman–Crippen MR) is 115 cm³/mol. The predicted octanol–water partition coefficient (Wildman–Crippen LogP) is 2.70. The van der Waals surface area contributed by atoms with Gasteiger partial charge in [0.1, 0.15) is 6.04 Å². The minimum absolute atomic E-state index is 0.112. The summed E-state index contributed by atoms with van der Waals surface area (Å²) in [4.78, 5) is 39.7. The van der Waals surface area contributed by atoms with Crippen LogP contribution < -0.4 is 15.5 Å². The molecule has 1 heterocycles. The molecule has 2 N–H and O–H groups in total. The Labute approximate surface area is 180 Å². The molecule has 2 aromatic carbocycles. The summed E-state index contributed by atoms with van der Waals surface area (Å²) >= 11 is 6.04. The Morgan fingerprint density at radius 1 is 1.10 bits per heavy atom. The summed E-state index contributed by atoms with van der Waals surface area (Å²) < 4.78 is 0. The Bertz CT molecular complexity index is 946. The lowest BCUT2D eigenvalue weighted by atomic mass is 10.0. The standard InChI is InChI=1S/C23H24ClN3O3/c24-17-7-4-8-19(13-17)27-14-16(12-21(27)28)22(29)26-20(23(30)25-18-9-10-18)11-15-5-2-1-3-6-15/h1-8,13,16,18,20H,9-12,14H2,(H,25,30)(H,26,29). The molecule has 0 radical (unpaired) electrons. The smallest absolute Gasteiger partial charge is 0.243 e. The molecule has 3 amide bonds. The van der Waals surface area contributed by atoms with Crippen molar-refractivity contribution in [2.45, 2.75) is 37.8 Å². The van der Waals surface area contributed by atoms with E-state index in [1.165, 1.54) is 0 Å². The van der Waals surface area contributed by atoms with Crippen LogP contribution in [-0.4, -0.2) is 36.3 Å². The summed E-state index contributed by atoms with van der Waals surface area (Å²) in [7, 11) is 0. The average molecular weight is 426 g/mol. The van der Waals surface area contributed by atoms with Crippen LogP contribution in [0.15, 0.2) is 54.6 Å². The van der Waals surface area contributed by atoms with E-state index in [-0.39, 0.29) is 36.7 Å². The van der Waals surface area contributed by atoms with E-state index in [1.54, 1.807) is 29.2 Å². The SMILES string of the molecule is O=C(NC(Cc1ccccc1)C(=O)NC1CC1)C1CC(=O)N(c2cccc(Cl)c2)C1. The number of benzene rings is 2. The summed E-state index contributed by atoms with van der Waals surface area (Å²) in [5, 5.41) is 6.40. The molecule has 0 spiro atoms. The van der Waals surface area contributed by atoms with Crippen LogP contribution in [0.3, 0.4) is 0 Å². The Morgan fingerprint density at radius 3 is 2.57 bits per heavy atom. The molecule has 2 fully saturated rings. The topological polar surface area (TPSA) is 78.5 Å². The zero-order chi connectivity index (χ0) is 21.1. The fourth-order valence-corrected chi connectivity index (χ4v) is 3.84. The lowest BCUT2D eigenvalue weighted by Crippen LogP contribution is -2.50. The van der Waals surface area contributed by atoms with E-state index in [9.17, 15) is 14.4 Å². The van der Waals surface area contributed by atoms with E-state index >= 15 is 0 Å². The molecule has 1 aliphatic heterocycles. The highest BCUT2D eigenvalue weighted by Crippen LogP contribution is 2.27. The van der Waals surface area contributed by atoms with Gasteiger partial charge < -0.3 is 15.5 Å². The number of anilines is 1. The molecule has 2 unspecified atom stereocenters. The first-order valence-electron chi connectivity index (χ1n) is 10.2. The van der Waals surface area contributed by atoms with Crippen molar-refractivity contribution >= 4 is 35.0 Å². The van der Waals surface area contributed by atoms with Gasteiger partial charge in [0.25, 0.3) is 0 Å². The zero-order valence-corrected chi connectivity index (χ0v) is 17.3. The van der Waals surface area contributed by atoms with Crippen molar-refractivity contribution in [2.24, 2.45) is 5.92 Å². The van der Waals surface area contributed by atoms with Crippen molar-refractivity contribution in [2.75, 3.05) is 11.4 Å². The van der Waals surface area contributed by atoms with Gasteiger partial charge in [-0.05, 0) is 36.6 Å². The summed E-state index contributed by atoms with van der Waals surface area (Å²) in [6.07, 6.45) is 2.47. The first-order valence-corrected chi connectivity index (χ1v) is 10.6. The van der Waals surface area contributed by atoms with Gasteiger partial charge in [0.15, 0.2) is 0 Å². The lowest BCUT2D eigenvalue weighted by molar-refractivity contribution is -0.131. The van der Waals surface area contributed by atoms with E-state index < -0.39 is 12.0 Å². The first kappa shape index (κ1) is 20.4. The van der Waals surface area contributed by atoms with Gasteiger partial charge in [0, 0.05) is 36.1 Å². The number of nitrogens with zero attached hydrogens (tertiary/aromatic N) is 1. The van der Waals surface area contributed by atoms with E-state index in [4.69, 9.17) is 11.6 Å². The zero-order valence-electron chi connectivity index (χ0n) is 16.5. The van der Waals surface area contributed by atoms with E-state index in [0.29, 0.717) is 17.1 Å². The summed E-state index contributed by atoms with van der Waals surface area (Å²) in [6.45, 7) is 0.271. The maximum atomic E-state index is 12.9. The molecule has 30 heavy (non-hydrogen) atoms. The number of hydrogen-bond donors (Lipinski definition) is 2. The van der Waals surface area contributed by atoms with Crippen LogP contribution in [0.4, 0.5) is 5.69 Å². The van der Waals surface area contributed by atoms with Crippen LogP contribution in [0.2, 0.25) is 5.02 Å². The Morgan fingerprint density at radius 2 is 1.87 bits per heavy atom. The van der Waals surface area contributed by atoms with E-state index in [0.717, 1.165) is 18.4 Å². The molecular formula is C23H24ClN3O3. The third kappa shape index (κ3) is 5.00. The van der Waals surface area contributed by atoms with Crippen molar-refractivity contribution < 1.29 is 14.4 Å². The van der Waals surface area contributed by atoms with E-state index in [1.807, 2.05) is 30.3 Å². The molecule has 6 nitrogen and oxygen atoms in total. The molecule has 0 bridgehead atoms. The number of nitrogens with one attached hydrogen (secondary N) is 2. The highest BCUT2D eigenvalue weighted by atomic mass is 35.5. The second-order valence-electron chi connectivity index (χ2n) is 7.92. The van der Waals surface area contributed by atoms with Crippen LogP contribution in [-0.2, 0) is 20.8 Å². The quantitative estimate of drug-likeness (QED) is 0.715. The normalized spacial score (nSPS) is 19.4. The van der Waals surface area contributed by atoms with Crippen molar-refractivity contribution in [1.29, 1.82) is 0 Å². The first-order chi connectivity index (χ1) is 14.5. The Kier molecular flexibility index (Phi) is 6.04. The van der Waals surface area contributed by atoms with Gasteiger partial charge in [-0.25, -0.2) is 0 Å². The molecule has 2 aliphatic rings. The summed E-state index contributed by atoms with van der Waals surface area (Å²) in [5.74, 6) is -1.09. The molecule has 0 aromatic heterocycles. The lowest BCUT2D eigenvalue weighted by Gasteiger charge is -2.21. The minimum atomic E-state index is -0.671. The van der Waals surface area contributed by atoms with Crippen LogP contribution in [0, 0.1) is 5.92 Å². The van der Waals surface area contributed by atoms with Gasteiger partial charge in [0.2, 0.25) is 17.7 Å². The van der Waals surface area contributed by atoms with Gasteiger partial charge in [-0.3, -0.25) is 14.4 Å². The molecule has 4 rings (SSSR count). The van der Waals surface area contributed by atoms with Gasteiger partial charge in [-0.2, -0.15) is 0 Å². The van der Waals surface area contributed by atoms with E-state index in [2.05, 4.69) is 10.6 Å². The number of amides is 3. The van der Waals surface area contributed by atoms with Crippen LogP contribution in [0.1, 0.15) is 24.8 Å². The van der Waals surface area contributed by atoms with Crippen LogP contribution >= 0.6 is 11.6 Å². The van der Waals surface area contributed by atoms with Crippen molar-refractivity contribution in [3.8, 4) is 0 Å². The van der Waals surface area contributed by atoms with Crippen molar-refractivity contribution in [1.82, 2.24) is 10.6 Å². The van der Waals surface area contributed by atoms with Crippen molar-refractivity contribution in [3.05, 3.63) is 65.2 Å². The second kappa shape index (κ2) is 8.88. The monoisotopic (exact) mass is 425 g/mol.